The van der Waals surface area contributed by atoms with E-state index in [2.05, 4.69) is 0 Å². The molecule has 7 heavy (non-hydrogen) atoms. The van der Waals surface area contributed by atoms with Gasteiger partial charge in [-0.25, -0.2) is 4.79 Å². The van der Waals surface area contributed by atoms with Gasteiger partial charge in [-0.2, -0.15) is 0 Å². The van der Waals surface area contributed by atoms with Gasteiger partial charge in [0.05, 0.1) is 0 Å². The molecule has 0 aliphatic rings. The topological polar surface area (TPSA) is 92.5 Å². The van der Waals surface area contributed by atoms with Crippen LogP contribution in [0.15, 0.2) is 0 Å². The second-order valence-electron chi connectivity index (χ2n) is 0.283. The van der Waals surface area contributed by atoms with Gasteiger partial charge in [0.1, 0.15) is 0 Å². The molecule has 0 saturated carbocycles. The molecule has 0 rings (SSSR count). The van der Waals surface area contributed by atoms with E-state index in [0.29, 0.717) is 0 Å². The summed E-state index contributed by atoms with van der Waals surface area (Å²) in [5, 5.41) is 13.9. The van der Waals surface area contributed by atoms with E-state index in [9.17, 15) is 0 Å². The van der Waals surface area contributed by atoms with Crippen LogP contribution in [-0.2, 0) is 26.2 Å². The summed E-state index contributed by atoms with van der Waals surface area (Å²) in [5.41, 5.74) is 0. The molecule has 6 heteroatoms. The van der Waals surface area contributed by atoms with E-state index in [-0.39, 0.29) is 70.1 Å². The molecule has 0 aromatic rings. The summed E-state index contributed by atoms with van der Waals surface area (Å²) in [7, 11) is 0. The van der Waals surface area contributed by atoms with Crippen molar-refractivity contribution >= 4 is 43.9 Å². The molecule has 0 aliphatic carbocycles. The normalized spacial score (nSPS) is 3.43. The molecule has 0 aliphatic heterocycles. The standard InChI is InChI=1S/CH2O3.Ca.H3N.Zr.2H/c2-1(3)4;;;;;/h(H2,2,3,4);;1H3;;;. The molecule has 4 nitrogen and oxygen atoms in total. The Hall–Kier alpha value is 1.37. The van der Waals surface area contributed by atoms with Crippen molar-refractivity contribution in [3.05, 3.63) is 0 Å². The van der Waals surface area contributed by atoms with Gasteiger partial charge in [-0.3, -0.25) is 0 Å². The first-order chi connectivity index (χ1) is 1.73. The van der Waals surface area contributed by atoms with Crippen molar-refractivity contribution in [3.8, 4) is 0 Å². The summed E-state index contributed by atoms with van der Waals surface area (Å²) >= 11 is 0. The number of rotatable bonds is 0. The summed E-state index contributed by atoms with van der Waals surface area (Å²) in [6, 6.07) is 0. The quantitative estimate of drug-likeness (QED) is 0.470. The summed E-state index contributed by atoms with van der Waals surface area (Å²) in [5.74, 6) is 0. The fourth-order valence-electron chi connectivity index (χ4n) is 0. The molecule has 40 valence electrons. The number of carboxylic acid groups (broad SMARTS) is 2. The van der Waals surface area contributed by atoms with Crippen LogP contribution in [0.4, 0.5) is 4.79 Å². The van der Waals surface area contributed by atoms with E-state index < -0.39 is 6.16 Å². The van der Waals surface area contributed by atoms with Crippen LogP contribution in [0, 0.1) is 0 Å². The third kappa shape index (κ3) is 113. The Bertz CT molecular complexity index is 37.9. The summed E-state index contributed by atoms with van der Waals surface area (Å²) in [6.07, 6.45) is -1.83. The van der Waals surface area contributed by atoms with Crippen LogP contribution >= 0.6 is 0 Å². The minimum atomic E-state index is -1.83. The number of hydrogen-bond acceptors (Lipinski definition) is 2. The van der Waals surface area contributed by atoms with Crippen molar-refractivity contribution in [1.29, 1.82) is 0 Å². The van der Waals surface area contributed by atoms with Crippen LogP contribution in [-0.4, -0.2) is 54.1 Å². The first kappa shape index (κ1) is 23.8. The Morgan fingerprint density at radius 3 is 1.29 bits per heavy atom. The molecule has 0 aromatic heterocycles. The summed E-state index contributed by atoms with van der Waals surface area (Å²) in [4.78, 5) is 8.56. The Balaban J connectivity index is -0.0000000150. The Morgan fingerprint density at radius 2 is 1.29 bits per heavy atom. The van der Waals surface area contributed by atoms with Crippen molar-refractivity contribution in [2.75, 3.05) is 0 Å². The fraction of sp³-hybridized carbons (Fsp3) is 0. The SMILES string of the molecule is N.O=C(O)O.[CaH2].[Zr]. The Kier molecular flexibility index (Phi) is 53.2. The van der Waals surface area contributed by atoms with Crippen molar-refractivity contribution < 1.29 is 41.2 Å². The van der Waals surface area contributed by atoms with E-state index in [4.69, 9.17) is 15.0 Å². The molecule has 0 aromatic carbocycles. The molecule has 0 fully saturated rings. The smallest absolute Gasteiger partial charge is 0 e. The molecular formula is CH7CaNO3Zr. The average molecular weight is 212 g/mol. The maximum absolute atomic E-state index is 8.56. The zero-order valence-electron chi connectivity index (χ0n) is 3.01. The maximum atomic E-state index is 8.56. The molecule has 0 bridgehead atoms. The number of carbonyl (C=O) groups is 1. The minimum absolute atomic E-state index is 0. The molecule has 0 radical (unpaired) electrons. The third-order valence-electron chi connectivity index (χ3n) is 0. The Labute approximate surface area is 90.0 Å². The van der Waals surface area contributed by atoms with Crippen LogP contribution in [0.5, 0.6) is 0 Å². The van der Waals surface area contributed by atoms with Gasteiger partial charge in [-0.1, -0.05) is 0 Å². The summed E-state index contributed by atoms with van der Waals surface area (Å²) in [6.45, 7) is 0. The molecule has 0 atom stereocenters. The Morgan fingerprint density at radius 1 is 1.29 bits per heavy atom. The largest absolute Gasteiger partial charge is 0 e. The first-order valence-corrected chi connectivity index (χ1v) is 0.651. The predicted molar refractivity (Wildman–Crippen MR) is 24.2 cm³/mol. The van der Waals surface area contributed by atoms with Crippen molar-refractivity contribution in [1.82, 2.24) is 6.15 Å². The van der Waals surface area contributed by atoms with Gasteiger partial charge in [0, 0.05) is 26.2 Å². The minimum Gasteiger partial charge on any atom is 0 e. The van der Waals surface area contributed by atoms with Gasteiger partial charge in [0.2, 0.25) is 0 Å². The molecule has 0 saturated heterocycles. The second kappa shape index (κ2) is 15.7. The monoisotopic (exact) mass is 211 g/mol. The van der Waals surface area contributed by atoms with Gasteiger partial charge < -0.3 is 16.4 Å². The molecular weight excluding hydrogens is 205 g/mol. The van der Waals surface area contributed by atoms with Crippen LogP contribution < -0.4 is 6.15 Å². The van der Waals surface area contributed by atoms with Crippen LogP contribution in [0.3, 0.4) is 0 Å². The van der Waals surface area contributed by atoms with Crippen LogP contribution in [0.2, 0.25) is 0 Å². The predicted octanol–water partition coefficient (Wildman–Crippen LogP) is -0.534. The van der Waals surface area contributed by atoms with E-state index >= 15 is 0 Å². The van der Waals surface area contributed by atoms with Crippen molar-refractivity contribution in [2.45, 2.75) is 0 Å². The molecule has 0 unspecified atom stereocenters. The molecule has 0 amide bonds. The molecule has 0 spiro atoms. The van der Waals surface area contributed by atoms with Crippen molar-refractivity contribution in [3.63, 3.8) is 0 Å². The van der Waals surface area contributed by atoms with Crippen LogP contribution in [0.1, 0.15) is 0 Å². The maximum Gasteiger partial charge on any atom is 0 e. The van der Waals surface area contributed by atoms with E-state index in [1.54, 1.807) is 0 Å². The van der Waals surface area contributed by atoms with Gasteiger partial charge in [0.25, 0.3) is 0 Å². The molecule has 5 N–H and O–H groups in total. The van der Waals surface area contributed by atoms with Gasteiger partial charge in [0.15, 0.2) is 0 Å². The molecule has 0 heterocycles. The van der Waals surface area contributed by atoms with Crippen LogP contribution in [0.25, 0.3) is 0 Å². The van der Waals surface area contributed by atoms with E-state index in [1.165, 1.54) is 0 Å². The van der Waals surface area contributed by atoms with Crippen molar-refractivity contribution in [2.24, 2.45) is 0 Å². The van der Waals surface area contributed by atoms with Gasteiger partial charge >= 0.3 is 43.9 Å². The van der Waals surface area contributed by atoms with Gasteiger partial charge in [-0.05, 0) is 0 Å². The van der Waals surface area contributed by atoms with Gasteiger partial charge in [-0.15, -0.1) is 0 Å². The third-order valence-corrected chi connectivity index (χ3v) is 0. The summed E-state index contributed by atoms with van der Waals surface area (Å²) < 4.78 is 0. The van der Waals surface area contributed by atoms with E-state index in [0.717, 1.165) is 0 Å². The number of hydrogen-bond donors (Lipinski definition) is 3. The first-order valence-electron chi connectivity index (χ1n) is 0.651. The zero-order valence-corrected chi connectivity index (χ0v) is 5.47. The fourth-order valence-corrected chi connectivity index (χ4v) is 0. The average Bonchev–Trinajstić information content (AvgIpc) is 0.811. The zero-order chi connectivity index (χ0) is 3.58. The second-order valence-corrected chi connectivity index (χ2v) is 0.283. The van der Waals surface area contributed by atoms with E-state index in [1.807, 2.05) is 0 Å².